The number of imidazole rings is 1. The van der Waals surface area contributed by atoms with Gasteiger partial charge in [-0.05, 0) is 34.1 Å². The molecule has 0 saturated carbocycles. The third-order valence-corrected chi connectivity index (χ3v) is 3.30. The number of fused-ring (bicyclic) bond motifs is 1. The summed E-state index contributed by atoms with van der Waals surface area (Å²) in [7, 11) is 0. The number of pyridine rings is 2. The Morgan fingerprint density at radius 1 is 1.33 bits per heavy atom. The van der Waals surface area contributed by atoms with Gasteiger partial charge in [0.15, 0.2) is 0 Å². The summed E-state index contributed by atoms with van der Waals surface area (Å²) in [6, 6.07) is 4.61. The standard InChI is InChI=1S/C14H10BrFN4O/c15-10-3-9(4-17-5-10)14(21)18-6-12-8-20-7-11(16)1-2-13(20)19-12/h1-5,7-8H,6H2,(H,18,21). The van der Waals surface area contributed by atoms with Crippen molar-refractivity contribution in [2.45, 2.75) is 6.54 Å². The van der Waals surface area contributed by atoms with Gasteiger partial charge < -0.3 is 9.72 Å². The molecule has 1 N–H and O–H groups in total. The van der Waals surface area contributed by atoms with Crippen LogP contribution in [-0.4, -0.2) is 20.3 Å². The zero-order valence-corrected chi connectivity index (χ0v) is 12.3. The minimum absolute atomic E-state index is 0.243. The zero-order valence-electron chi connectivity index (χ0n) is 10.8. The maximum absolute atomic E-state index is 13.1. The van der Waals surface area contributed by atoms with Crippen LogP contribution in [0.5, 0.6) is 0 Å². The van der Waals surface area contributed by atoms with Crippen LogP contribution in [0.15, 0.2) is 47.5 Å². The van der Waals surface area contributed by atoms with Gasteiger partial charge in [0.2, 0.25) is 0 Å². The van der Waals surface area contributed by atoms with E-state index in [0.29, 0.717) is 16.9 Å². The van der Waals surface area contributed by atoms with E-state index in [1.54, 1.807) is 28.9 Å². The van der Waals surface area contributed by atoms with E-state index in [1.165, 1.54) is 18.5 Å². The van der Waals surface area contributed by atoms with Gasteiger partial charge in [-0.15, -0.1) is 0 Å². The molecule has 3 aromatic rings. The molecule has 7 heteroatoms. The maximum Gasteiger partial charge on any atom is 0.253 e. The Morgan fingerprint density at radius 3 is 3.00 bits per heavy atom. The first-order valence-electron chi connectivity index (χ1n) is 6.14. The van der Waals surface area contributed by atoms with Crippen molar-refractivity contribution in [1.82, 2.24) is 19.7 Å². The van der Waals surface area contributed by atoms with E-state index in [0.717, 1.165) is 4.47 Å². The number of hydrogen-bond acceptors (Lipinski definition) is 3. The molecule has 0 fully saturated rings. The van der Waals surface area contributed by atoms with Crippen LogP contribution in [-0.2, 0) is 6.54 Å². The molecule has 3 aromatic heterocycles. The quantitative estimate of drug-likeness (QED) is 0.791. The highest BCUT2D eigenvalue weighted by atomic mass is 79.9. The average molecular weight is 349 g/mol. The Hall–Kier alpha value is -2.28. The molecule has 1 amide bonds. The van der Waals surface area contributed by atoms with Crippen molar-refractivity contribution in [3.05, 3.63) is 64.5 Å². The molecular formula is C14H10BrFN4O. The number of hydrogen-bond donors (Lipinski definition) is 1. The molecule has 0 aromatic carbocycles. The van der Waals surface area contributed by atoms with Crippen LogP contribution < -0.4 is 5.32 Å². The van der Waals surface area contributed by atoms with E-state index in [-0.39, 0.29) is 18.3 Å². The predicted octanol–water partition coefficient (Wildman–Crippen LogP) is 2.56. The zero-order chi connectivity index (χ0) is 14.8. The van der Waals surface area contributed by atoms with E-state index >= 15 is 0 Å². The third kappa shape index (κ3) is 3.08. The third-order valence-electron chi connectivity index (χ3n) is 2.86. The lowest BCUT2D eigenvalue weighted by Crippen LogP contribution is -2.23. The molecule has 3 heterocycles. The monoisotopic (exact) mass is 348 g/mol. The van der Waals surface area contributed by atoms with Crippen LogP contribution in [0, 0.1) is 5.82 Å². The summed E-state index contributed by atoms with van der Waals surface area (Å²) in [5.74, 6) is -0.581. The van der Waals surface area contributed by atoms with Gasteiger partial charge in [0.25, 0.3) is 5.91 Å². The molecule has 0 saturated heterocycles. The first-order valence-corrected chi connectivity index (χ1v) is 6.93. The Kier molecular flexibility index (Phi) is 3.66. The van der Waals surface area contributed by atoms with Crippen molar-refractivity contribution >= 4 is 27.5 Å². The maximum atomic E-state index is 13.1. The van der Waals surface area contributed by atoms with Gasteiger partial charge in [-0.25, -0.2) is 9.37 Å². The predicted molar refractivity (Wildman–Crippen MR) is 78.3 cm³/mol. The lowest BCUT2D eigenvalue weighted by molar-refractivity contribution is 0.0950. The Labute approximate surface area is 128 Å². The lowest BCUT2D eigenvalue weighted by atomic mass is 10.2. The molecule has 0 radical (unpaired) electrons. The molecular weight excluding hydrogens is 339 g/mol. The second-order valence-corrected chi connectivity index (χ2v) is 5.34. The van der Waals surface area contributed by atoms with E-state index in [1.807, 2.05) is 0 Å². The van der Waals surface area contributed by atoms with Crippen LogP contribution in [0.1, 0.15) is 16.1 Å². The topological polar surface area (TPSA) is 59.3 Å². The van der Waals surface area contributed by atoms with Crippen LogP contribution in [0.2, 0.25) is 0 Å². The number of halogens is 2. The van der Waals surface area contributed by atoms with Crippen LogP contribution in [0.3, 0.4) is 0 Å². The Morgan fingerprint density at radius 2 is 2.19 bits per heavy atom. The summed E-state index contributed by atoms with van der Waals surface area (Å²) in [5.41, 5.74) is 1.74. The summed E-state index contributed by atoms with van der Waals surface area (Å²) < 4.78 is 15.4. The van der Waals surface area contributed by atoms with Crippen molar-refractivity contribution < 1.29 is 9.18 Å². The van der Waals surface area contributed by atoms with Crippen LogP contribution >= 0.6 is 15.9 Å². The highest BCUT2D eigenvalue weighted by Crippen LogP contribution is 2.10. The number of carbonyl (C=O) groups excluding carboxylic acids is 1. The van der Waals surface area contributed by atoms with Crippen molar-refractivity contribution in [2.24, 2.45) is 0 Å². The summed E-state index contributed by atoms with van der Waals surface area (Å²) in [4.78, 5) is 20.2. The smallest absolute Gasteiger partial charge is 0.253 e. The van der Waals surface area contributed by atoms with Crippen molar-refractivity contribution in [3.8, 4) is 0 Å². The van der Waals surface area contributed by atoms with E-state index in [4.69, 9.17) is 0 Å². The largest absolute Gasteiger partial charge is 0.346 e. The molecule has 0 aliphatic rings. The molecule has 5 nitrogen and oxygen atoms in total. The molecule has 21 heavy (non-hydrogen) atoms. The van der Waals surface area contributed by atoms with Gasteiger partial charge in [-0.2, -0.15) is 0 Å². The normalized spacial score (nSPS) is 10.8. The lowest BCUT2D eigenvalue weighted by Gasteiger charge is -2.02. The fraction of sp³-hybridized carbons (Fsp3) is 0.0714. The minimum atomic E-state index is -0.337. The van der Waals surface area contributed by atoms with Gasteiger partial charge in [0.1, 0.15) is 11.5 Å². The fourth-order valence-corrected chi connectivity index (χ4v) is 2.28. The number of carbonyl (C=O) groups is 1. The van der Waals surface area contributed by atoms with Gasteiger partial charge in [-0.1, -0.05) is 0 Å². The van der Waals surface area contributed by atoms with Crippen LogP contribution in [0.25, 0.3) is 5.65 Å². The van der Waals surface area contributed by atoms with Gasteiger partial charge >= 0.3 is 0 Å². The Bertz CT molecular complexity index is 818. The molecule has 106 valence electrons. The van der Waals surface area contributed by atoms with Crippen molar-refractivity contribution in [3.63, 3.8) is 0 Å². The number of amides is 1. The summed E-state index contributed by atoms with van der Waals surface area (Å²) in [6.45, 7) is 0.259. The number of nitrogens with zero attached hydrogens (tertiary/aromatic N) is 3. The molecule has 0 bridgehead atoms. The van der Waals surface area contributed by atoms with Crippen molar-refractivity contribution in [2.75, 3.05) is 0 Å². The van der Waals surface area contributed by atoms with E-state index in [2.05, 4.69) is 31.2 Å². The molecule has 0 atom stereocenters. The van der Waals surface area contributed by atoms with Gasteiger partial charge in [-0.3, -0.25) is 9.78 Å². The first kappa shape index (κ1) is 13.7. The molecule has 3 rings (SSSR count). The average Bonchev–Trinajstić information content (AvgIpc) is 2.86. The molecule has 0 aliphatic carbocycles. The van der Waals surface area contributed by atoms with Crippen LogP contribution in [0.4, 0.5) is 4.39 Å². The fourth-order valence-electron chi connectivity index (χ4n) is 1.91. The number of aromatic nitrogens is 3. The SMILES string of the molecule is O=C(NCc1cn2cc(F)ccc2n1)c1cncc(Br)c1. The molecule has 0 aliphatic heterocycles. The minimum Gasteiger partial charge on any atom is -0.346 e. The van der Waals surface area contributed by atoms with Crippen molar-refractivity contribution in [1.29, 1.82) is 0 Å². The second kappa shape index (κ2) is 5.61. The van der Waals surface area contributed by atoms with E-state index < -0.39 is 0 Å². The summed E-state index contributed by atoms with van der Waals surface area (Å²) in [5, 5.41) is 2.75. The van der Waals surface area contributed by atoms with E-state index in [9.17, 15) is 9.18 Å². The number of nitrogens with one attached hydrogen (secondary N) is 1. The highest BCUT2D eigenvalue weighted by molar-refractivity contribution is 9.10. The summed E-state index contributed by atoms with van der Waals surface area (Å²) in [6.07, 6.45) is 6.11. The van der Waals surface area contributed by atoms with Gasteiger partial charge in [0.05, 0.1) is 17.8 Å². The Balaban J connectivity index is 1.72. The molecule has 0 unspecified atom stereocenters. The van der Waals surface area contributed by atoms with Gasteiger partial charge in [0, 0.05) is 29.3 Å². The molecule has 0 spiro atoms. The highest BCUT2D eigenvalue weighted by Gasteiger charge is 2.08. The summed E-state index contributed by atoms with van der Waals surface area (Å²) >= 11 is 3.26. The second-order valence-electron chi connectivity index (χ2n) is 4.42. The first-order chi connectivity index (χ1) is 10.1. The number of rotatable bonds is 3.